The highest BCUT2D eigenvalue weighted by Gasteiger charge is 2.34. The van der Waals surface area contributed by atoms with E-state index in [9.17, 15) is 9.90 Å². The molecule has 2 rings (SSSR count). The summed E-state index contributed by atoms with van der Waals surface area (Å²) in [6.07, 6.45) is 2.76. The van der Waals surface area contributed by atoms with Gasteiger partial charge in [-0.2, -0.15) is 0 Å². The van der Waals surface area contributed by atoms with Gasteiger partial charge in [0.25, 0.3) is 0 Å². The minimum Gasteiger partial charge on any atom is -0.390 e. The third-order valence-corrected chi connectivity index (χ3v) is 3.87. The van der Waals surface area contributed by atoms with E-state index < -0.39 is 5.60 Å². The van der Waals surface area contributed by atoms with Crippen molar-refractivity contribution >= 4 is 6.03 Å². The number of carbonyl (C=O) groups excluding carboxylic acids is 1. The zero-order chi connectivity index (χ0) is 13.2. The molecular weight excluding hydrogens is 230 g/mol. The first kappa shape index (κ1) is 13.6. The molecule has 5 nitrogen and oxygen atoms in total. The molecule has 0 aromatic heterocycles. The molecule has 0 bridgehead atoms. The van der Waals surface area contributed by atoms with E-state index in [4.69, 9.17) is 0 Å². The van der Waals surface area contributed by atoms with E-state index >= 15 is 0 Å². The maximum atomic E-state index is 12.3. The minimum absolute atomic E-state index is 0.158. The van der Waals surface area contributed by atoms with Crippen molar-refractivity contribution < 1.29 is 9.90 Å². The molecule has 2 saturated heterocycles. The Morgan fingerprint density at radius 2 is 2.00 bits per heavy atom. The highest BCUT2D eigenvalue weighted by Crippen LogP contribution is 2.20. The van der Waals surface area contributed by atoms with Gasteiger partial charge in [0.1, 0.15) is 0 Å². The summed E-state index contributed by atoms with van der Waals surface area (Å²) < 4.78 is 0. The lowest BCUT2D eigenvalue weighted by molar-refractivity contribution is 0.0629. The van der Waals surface area contributed by atoms with Gasteiger partial charge in [0.05, 0.1) is 5.60 Å². The van der Waals surface area contributed by atoms with Crippen LogP contribution in [0.2, 0.25) is 0 Å². The third kappa shape index (κ3) is 3.36. The highest BCUT2D eigenvalue weighted by atomic mass is 16.3. The monoisotopic (exact) mass is 255 g/mol. The van der Waals surface area contributed by atoms with Gasteiger partial charge in [-0.15, -0.1) is 0 Å². The molecule has 0 aliphatic carbocycles. The Morgan fingerprint density at radius 1 is 1.33 bits per heavy atom. The van der Waals surface area contributed by atoms with E-state index in [2.05, 4.69) is 5.32 Å². The second-order valence-electron chi connectivity index (χ2n) is 6.01. The van der Waals surface area contributed by atoms with Gasteiger partial charge in [-0.3, -0.25) is 0 Å². The second kappa shape index (κ2) is 5.45. The number of nitrogens with zero attached hydrogens (tertiary/aromatic N) is 2. The summed E-state index contributed by atoms with van der Waals surface area (Å²) in [7, 11) is 0. The van der Waals surface area contributed by atoms with Gasteiger partial charge in [0.2, 0.25) is 0 Å². The van der Waals surface area contributed by atoms with Crippen LogP contribution in [-0.2, 0) is 0 Å². The average Bonchev–Trinajstić information content (AvgIpc) is 2.68. The maximum Gasteiger partial charge on any atom is 0.320 e. The quantitative estimate of drug-likeness (QED) is 0.775. The SMILES string of the molecule is CC(C)(O)CCN1CCN(C2CCNCC2)C1=O. The summed E-state index contributed by atoms with van der Waals surface area (Å²) in [5, 5.41) is 13.0. The predicted octanol–water partition coefficient (Wildman–Crippen LogP) is 0.637. The van der Waals surface area contributed by atoms with Gasteiger partial charge in [0, 0.05) is 25.7 Å². The van der Waals surface area contributed by atoms with Crippen molar-refractivity contribution in [3.8, 4) is 0 Å². The number of amides is 2. The van der Waals surface area contributed by atoms with Gasteiger partial charge in [-0.25, -0.2) is 4.79 Å². The number of piperidine rings is 1. The van der Waals surface area contributed by atoms with Crippen LogP contribution in [0.3, 0.4) is 0 Å². The van der Waals surface area contributed by atoms with E-state index in [0.717, 1.165) is 39.0 Å². The molecule has 2 heterocycles. The summed E-state index contributed by atoms with van der Waals surface area (Å²) in [5.41, 5.74) is -0.692. The van der Waals surface area contributed by atoms with Crippen molar-refractivity contribution in [2.45, 2.75) is 44.8 Å². The van der Waals surface area contributed by atoms with E-state index in [1.807, 2.05) is 9.80 Å². The van der Waals surface area contributed by atoms with Crippen molar-refractivity contribution in [3.05, 3.63) is 0 Å². The van der Waals surface area contributed by atoms with E-state index in [0.29, 0.717) is 19.0 Å². The first-order valence-electron chi connectivity index (χ1n) is 6.96. The molecule has 2 N–H and O–H groups in total. The molecule has 0 unspecified atom stereocenters. The van der Waals surface area contributed by atoms with Crippen molar-refractivity contribution in [2.75, 3.05) is 32.7 Å². The predicted molar refractivity (Wildman–Crippen MR) is 70.5 cm³/mol. The number of rotatable bonds is 4. The lowest BCUT2D eigenvalue weighted by Crippen LogP contribution is -2.45. The fourth-order valence-electron chi connectivity index (χ4n) is 2.67. The normalized spacial score (nSPS) is 22.9. The van der Waals surface area contributed by atoms with Crippen LogP contribution >= 0.6 is 0 Å². The van der Waals surface area contributed by atoms with Crippen LogP contribution in [0.25, 0.3) is 0 Å². The summed E-state index contributed by atoms with van der Waals surface area (Å²) in [6.45, 7) is 7.91. The number of aliphatic hydroxyl groups is 1. The Bertz CT molecular complexity index is 295. The molecule has 2 aliphatic rings. The van der Waals surface area contributed by atoms with Crippen LogP contribution in [0.15, 0.2) is 0 Å². The van der Waals surface area contributed by atoms with E-state index in [-0.39, 0.29) is 6.03 Å². The lowest BCUT2D eigenvalue weighted by Gasteiger charge is -2.31. The van der Waals surface area contributed by atoms with Crippen LogP contribution in [0.4, 0.5) is 4.79 Å². The van der Waals surface area contributed by atoms with Crippen LogP contribution in [-0.4, -0.2) is 65.3 Å². The summed E-state index contributed by atoms with van der Waals surface area (Å²) >= 11 is 0. The Kier molecular flexibility index (Phi) is 4.12. The third-order valence-electron chi connectivity index (χ3n) is 3.87. The Morgan fingerprint density at radius 3 is 2.61 bits per heavy atom. The van der Waals surface area contributed by atoms with Crippen LogP contribution in [0.1, 0.15) is 33.1 Å². The van der Waals surface area contributed by atoms with Crippen LogP contribution in [0.5, 0.6) is 0 Å². The standard InChI is InChI=1S/C13H25N3O2/c1-13(2,18)5-8-15-9-10-16(12(15)17)11-3-6-14-7-4-11/h11,14,18H,3-10H2,1-2H3. The van der Waals surface area contributed by atoms with Crippen molar-refractivity contribution in [1.29, 1.82) is 0 Å². The van der Waals surface area contributed by atoms with Crippen molar-refractivity contribution in [1.82, 2.24) is 15.1 Å². The zero-order valence-electron chi connectivity index (χ0n) is 11.5. The van der Waals surface area contributed by atoms with Gasteiger partial charge >= 0.3 is 6.03 Å². The molecule has 5 heteroatoms. The number of hydrogen-bond donors (Lipinski definition) is 2. The van der Waals surface area contributed by atoms with E-state index in [1.54, 1.807) is 13.8 Å². The summed E-state index contributed by atoms with van der Waals surface area (Å²) in [6, 6.07) is 0.567. The number of urea groups is 1. The molecule has 0 aromatic carbocycles. The van der Waals surface area contributed by atoms with Crippen molar-refractivity contribution in [3.63, 3.8) is 0 Å². The number of nitrogens with one attached hydrogen (secondary N) is 1. The van der Waals surface area contributed by atoms with E-state index in [1.165, 1.54) is 0 Å². The Labute approximate surface area is 109 Å². The number of hydrogen-bond acceptors (Lipinski definition) is 3. The molecule has 0 saturated carbocycles. The summed E-state index contributed by atoms with van der Waals surface area (Å²) in [5.74, 6) is 0. The molecule has 2 aliphatic heterocycles. The van der Waals surface area contributed by atoms with Gasteiger partial charge in [-0.05, 0) is 46.2 Å². The molecule has 2 amide bonds. The zero-order valence-corrected chi connectivity index (χ0v) is 11.5. The first-order chi connectivity index (χ1) is 8.47. The first-order valence-corrected chi connectivity index (χ1v) is 6.96. The fraction of sp³-hybridized carbons (Fsp3) is 0.923. The number of carbonyl (C=O) groups is 1. The van der Waals surface area contributed by atoms with Gasteiger partial charge in [0.15, 0.2) is 0 Å². The minimum atomic E-state index is -0.692. The summed E-state index contributed by atoms with van der Waals surface area (Å²) in [4.78, 5) is 16.2. The molecule has 0 spiro atoms. The lowest BCUT2D eigenvalue weighted by atomic mass is 10.1. The van der Waals surface area contributed by atoms with Crippen LogP contribution in [0, 0.1) is 0 Å². The van der Waals surface area contributed by atoms with Gasteiger partial charge < -0.3 is 20.2 Å². The molecule has 18 heavy (non-hydrogen) atoms. The second-order valence-corrected chi connectivity index (χ2v) is 6.01. The molecular formula is C13H25N3O2. The van der Waals surface area contributed by atoms with Crippen molar-refractivity contribution in [2.24, 2.45) is 0 Å². The maximum absolute atomic E-state index is 12.3. The molecule has 0 atom stereocenters. The molecule has 0 radical (unpaired) electrons. The Hall–Kier alpha value is -0.810. The topological polar surface area (TPSA) is 55.8 Å². The Balaban J connectivity index is 1.84. The highest BCUT2D eigenvalue weighted by molar-refractivity contribution is 5.76. The molecule has 0 aromatic rings. The molecule has 104 valence electrons. The average molecular weight is 255 g/mol. The van der Waals surface area contributed by atoms with Gasteiger partial charge in [-0.1, -0.05) is 0 Å². The smallest absolute Gasteiger partial charge is 0.320 e. The van der Waals surface area contributed by atoms with Crippen LogP contribution < -0.4 is 5.32 Å². The fourth-order valence-corrected chi connectivity index (χ4v) is 2.67. The molecule has 2 fully saturated rings. The largest absolute Gasteiger partial charge is 0.390 e.